The van der Waals surface area contributed by atoms with E-state index in [1.807, 2.05) is 6.92 Å². The van der Waals surface area contributed by atoms with Gasteiger partial charge in [-0.05, 0) is 19.2 Å². The zero-order valence-electron chi connectivity index (χ0n) is 10.3. The minimum Gasteiger partial charge on any atom is -0.206 e. The molecule has 1 aromatic carbocycles. The van der Waals surface area contributed by atoms with E-state index >= 15 is 0 Å². The van der Waals surface area contributed by atoms with Crippen LogP contribution >= 0.6 is 0 Å². The first kappa shape index (κ1) is 13.1. The fourth-order valence-electron chi connectivity index (χ4n) is 1.72. The van der Waals surface area contributed by atoms with Crippen LogP contribution in [0, 0.1) is 31.3 Å². The quantitative estimate of drug-likeness (QED) is 0.682. The van der Waals surface area contributed by atoms with Crippen molar-refractivity contribution in [1.29, 1.82) is 0 Å². The fraction of sp³-hybridized carbons (Fsp3) is 0.500. The third-order valence-corrected chi connectivity index (χ3v) is 3.32. The van der Waals surface area contributed by atoms with Crippen LogP contribution in [0.4, 0.5) is 13.2 Å². The Bertz CT molecular complexity index is 396. The lowest BCUT2D eigenvalue weighted by atomic mass is 9.63. The fourth-order valence-corrected chi connectivity index (χ4v) is 1.72. The molecule has 0 saturated heterocycles. The standard InChI is InChI=1S/C12H16BF3/c1-5-12(4,13)8-10(15)6(2)9(14)7(3)11(8)16/h5,13H2,1-4H3. The monoisotopic (exact) mass is 228 g/mol. The highest BCUT2D eigenvalue weighted by molar-refractivity contribution is 6.15. The maximum absolute atomic E-state index is 13.9. The molecular formula is C12H16BF3. The van der Waals surface area contributed by atoms with E-state index in [2.05, 4.69) is 0 Å². The van der Waals surface area contributed by atoms with Crippen LogP contribution in [0.3, 0.4) is 0 Å². The van der Waals surface area contributed by atoms with Crippen LogP contribution in [0.1, 0.15) is 37.0 Å². The molecule has 4 heteroatoms. The second kappa shape index (κ2) is 4.15. The highest BCUT2D eigenvalue weighted by atomic mass is 19.1. The minimum absolute atomic E-state index is 0.00796. The Morgan fingerprint density at radius 1 is 1.00 bits per heavy atom. The lowest BCUT2D eigenvalue weighted by Gasteiger charge is -2.26. The van der Waals surface area contributed by atoms with E-state index in [4.69, 9.17) is 0 Å². The van der Waals surface area contributed by atoms with Gasteiger partial charge in [-0.2, -0.15) is 0 Å². The average molecular weight is 228 g/mol. The van der Waals surface area contributed by atoms with E-state index in [1.54, 1.807) is 14.8 Å². The van der Waals surface area contributed by atoms with Gasteiger partial charge in [-0.25, -0.2) is 13.2 Å². The summed E-state index contributed by atoms with van der Waals surface area (Å²) in [5, 5.41) is -0.628. The van der Waals surface area contributed by atoms with Gasteiger partial charge in [0.05, 0.1) is 0 Å². The van der Waals surface area contributed by atoms with Crippen molar-refractivity contribution in [3.05, 3.63) is 34.1 Å². The molecule has 0 spiro atoms. The van der Waals surface area contributed by atoms with Crippen LogP contribution in [0.25, 0.3) is 0 Å². The van der Waals surface area contributed by atoms with E-state index in [9.17, 15) is 13.2 Å². The van der Waals surface area contributed by atoms with Crippen LogP contribution in [0.5, 0.6) is 0 Å². The molecule has 0 aliphatic carbocycles. The van der Waals surface area contributed by atoms with E-state index in [0.29, 0.717) is 6.42 Å². The Kier molecular flexibility index (Phi) is 3.41. The van der Waals surface area contributed by atoms with Crippen LogP contribution in [0.2, 0.25) is 0 Å². The van der Waals surface area contributed by atoms with Crippen molar-refractivity contribution in [1.82, 2.24) is 0 Å². The third-order valence-electron chi connectivity index (χ3n) is 3.32. The summed E-state index contributed by atoms with van der Waals surface area (Å²) >= 11 is 0. The van der Waals surface area contributed by atoms with E-state index in [1.165, 1.54) is 13.8 Å². The Morgan fingerprint density at radius 3 is 1.69 bits per heavy atom. The predicted octanol–water partition coefficient (Wildman–Crippen LogP) is 2.98. The molecular weight excluding hydrogens is 212 g/mol. The molecule has 0 fully saturated rings. The molecule has 1 unspecified atom stereocenters. The van der Waals surface area contributed by atoms with Crippen LogP contribution in [-0.4, -0.2) is 7.85 Å². The highest BCUT2D eigenvalue weighted by Gasteiger charge is 2.30. The number of benzene rings is 1. The molecule has 0 nitrogen and oxygen atoms in total. The summed E-state index contributed by atoms with van der Waals surface area (Å²) in [7, 11) is 1.76. The van der Waals surface area contributed by atoms with Gasteiger partial charge < -0.3 is 0 Å². The lowest BCUT2D eigenvalue weighted by molar-refractivity contribution is 0.471. The Hall–Kier alpha value is -0.925. The molecule has 1 aromatic rings. The van der Waals surface area contributed by atoms with E-state index in [0.717, 1.165) is 0 Å². The summed E-state index contributed by atoms with van der Waals surface area (Å²) in [4.78, 5) is 0. The summed E-state index contributed by atoms with van der Waals surface area (Å²) in [6.07, 6.45) is 0.589. The summed E-state index contributed by atoms with van der Waals surface area (Å²) in [6.45, 7) is 6.29. The average Bonchev–Trinajstić information content (AvgIpc) is 2.23. The van der Waals surface area contributed by atoms with Crippen LogP contribution < -0.4 is 0 Å². The highest BCUT2D eigenvalue weighted by Crippen LogP contribution is 2.33. The maximum atomic E-state index is 13.9. The predicted molar refractivity (Wildman–Crippen MR) is 62.0 cm³/mol. The largest absolute Gasteiger partial charge is 0.206 e. The molecule has 16 heavy (non-hydrogen) atoms. The smallest absolute Gasteiger partial charge is 0.134 e. The number of halogens is 3. The molecule has 1 rings (SSSR count). The van der Waals surface area contributed by atoms with Gasteiger partial charge in [-0.1, -0.05) is 20.3 Å². The number of hydrogen-bond acceptors (Lipinski definition) is 0. The number of hydrogen-bond donors (Lipinski definition) is 0. The van der Waals surface area contributed by atoms with Gasteiger partial charge >= 0.3 is 0 Å². The van der Waals surface area contributed by atoms with Gasteiger partial charge in [0.25, 0.3) is 0 Å². The van der Waals surface area contributed by atoms with Crippen molar-refractivity contribution in [3.8, 4) is 0 Å². The van der Waals surface area contributed by atoms with Crippen LogP contribution in [0.15, 0.2) is 0 Å². The normalized spacial score (nSPS) is 14.9. The van der Waals surface area contributed by atoms with E-state index < -0.39 is 22.8 Å². The van der Waals surface area contributed by atoms with Gasteiger partial charge in [0.2, 0.25) is 0 Å². The molecule has 0 aliphatic heterocycles. The van der Waals surface area contributed by atoms with Crippen molar-refractivity contribution in [3.63, 3.8) is 0 Å². The molecule has 0 aliphatic rings. The summed E-state index contributed by atoms with van der Waals surface area (Å²) in [5.74, 6) is -2.30. The molecule has 1 atom stereocenters. The summed E-state index contributed by atoms with van der Waals surface area (Å²) in [6, 6.07) is 0. The first-order valence-corrected chi connectivity index (χ1v) is 5.38. The van der Waals surface area contributed by atoms with Gasteiger partial charge in [-0.15, -0.1) is 0 Å². The SMILES string of the molecule is BC(C)(CC)c1c(F)c(C)c(F)c(C)c1F. The first-order chi connectivity index (χ1) is 7.24. The first-order valence-electron chi connectivity index (χ1n) is 5.38. The van der Waals surface area contributed by atoms with Crippen molar-refractivity contribution in [2.45, 2.75) is 39.4 Å². The Balaban J connectivity index is 3.65. The zero-order chi connectivity index (χ0) is 12.7. The second-order valence-electron chi connectivity index (χ2n) is 4.80. The molecule has 0 heterocycles. The molecule has 0 radical (unpaired) electrons. The van der Waals surface area contributed by atoms with Gasteiger partial charge in [0, 0.05) is 16.7 Å². The molecule has 88 valence electrons. The Labute approximate surface area is 95.3 Å². The summed E-state index contributed by atoms with van der Waals surface area (Å²) < 4.78 is 41.3. The Morgan fingerprint density at radius 2 is 1.38 bits per heavy atom. The van der Waals surface area contributed by atoms with Crippen LogP contribution in [-0.2, 0) is 5.31 Å². The third kappa shape index (κ3) is 1.85. The zero-order valence-corrected chi connectivity index (χ0v) is 10.3. The topological polar surface area (TPSA) is 0 Å². The van der Waals surface area contributed by atoms with E-state index in [-0.39, 0.29) is 16.7 Å². The molecule has 0 saturated carbocycles. The minimum atomic E-state index is -0.786. The molecule has 0 N–H and O–H groups in total. The van der Waals surface area contributed by atoms with Gasteiger partial charge in [0.1, 0.15) is 25.3 Å². The lowest BCUT2D eigenvalue weighted by Crippen LogP contribution is -2.26. The molecule has 0 bridgehead atoms. The van der Waals surface area contributed by atoms with Gasteiger partial charge in [-0.3, -0.25) is 0 Å². The molecule has 0 amide bonds. The number of rotatable bonds is 2. The second-order valence-corrected chi connectivity index (χ2v) is 4.80. The maximum Gasteiger partial charge on any atom is 0.134 e. The van der Waals surface area contributed by atoms with Crippen molar-refractivity contribution >= 4 is 7.85 Å². The van der Waals surface area contributed by atoms with Crippen molar-refractivity contribution in [2.24, 2.45) is 0 Å². The summed E-state index contributed by atoms with van der Waals surface area (Å²) in [5.41, 5.74) is -0.211. The van der Waals surface area contributed by atoms with Crippen molar-refractivity contribution in [2.75, 3.05) is 0 Å². The molecule has 0 aromatic heterocycles. The van der Waals surface area contributed by atoms with Crippen molar-refractivity contribution < 1.29 is 13.2 Å². The van der Waals surface area contributed by atoms with Gasteiger partial charge in [0.15, 0.2) is 0 Å².